The summed E-state index contributed by atoms with van der Waals surface area (Å²) in [7, 11) is -1.11. The predicted molar refractivity (Wildman–Crippen MR) is 121 cm³/mol. The lowest BCUT2D eigenvalue weighted by atomic mass is 9.95. The molecule has 0 aromatic heterocycles. The minimum atomic E-state index is -4.09. The lowest BCUT2D eigenvalue weighted by Crippen LogP contribution is -2.50. The van der Waals surface area contributed by atoms with E-state index in [9.17, 15) is 17.6 Å². The molecular weight excluding hydrogens is 447 g/mol. The highest BCUT2D eigenvalue weighted by Gasteiger charge is 2.39. The fourth-order valence-electron chi connectivity index (χ4n) is 3.84. The number of amides is 1. The number of hydrogen-bond acceptors (Lipinski definition) is 5. The molecule has 9 heteroatoms. The van der Waals surface area contributed by atoms with Gasteiger partial charge in [-0.3, -0.25) is 4.79 Å². The molecule has 1 atom stereocenters. The summed E-state index contributed by atoms with van der Waals surface area (Å²) in [6, 6.07) is 15.9. The highest BCUT2D eigenvalue weighted by atomic mass is 32.2. The maximum atomic E-state index is 13.5. The predicted octanol–water partition coefficient (Wildman–Crippen LogP) is 3.60. The molecule has 3 aromatic rings. The summed E-state index contributed by atoms with van der Waals surface area (Å²) in [5.41, 5.74) is 2.06. The standard InChI is InChI=1S/C24H23FN2O5S/c1-31-19-9-12-23(32-2)21(14-19)26-24(28)22-13-16-5-3-4-6-17(16)15-27(22)33(29,30)20-10-7-18(25)8-11-20/h3-12,14,22H,13,15H2,1-2H3,(H,26,28)/t22-/m0/s1. The van der Waals surface area contributed by atoms with Crippen molar-refractivity contribution in [2.75, 3.05) is 19.5 Å². The van der Waals surface area contributed by atoms with E-state index in [0.717, 1.165) is 27.6 Å². The van der Waals surface area contributed by atoms with Crippen molar-refractivity contribution in [1.29, 1.82) is 0 Å². The summed E-state index contributed by atoms with van der Waals surface area (Å²) in [6.07, 6.45) is 0.189. The van der Waals surface area contributed by atoms with Gasteiger partial charge in [0.15, 0.2) is 0 Å². The van der Waals surface area contributed by atoms with Gasteiger partial charge in [0.05, 0.1) is 24.8 Å². The first-order valence-electron chi connectivity index (χ1n) is 10.2. The van der Waals surface area contributed by atoms with E-state index < -0.39 is 27.8 Å². The highest BCUT2D eigenvalue weighted by molar-refractivity contribution is 7.89. The molecule has 0 aliphatic carbocycles. The minimum absolute atomic E-state index is 0.0171. The average molecular weight is 471 g/mol. The Bertz CT molecular complexity index is 1280. The van der Waals surface area contributed by atoms with Crippen LogP contribution in [0.25, 0.3) is 0 Å². The number of nitrogens with zero attached hydrogens (tertiary/aromatic N) is 1. The number of carbonyl (C=O) groups is 1. The van der Waals surface area contributed by atoms with E-state index in [1.807, 2.05) is 24.3 Å². The van der Waals surface area contributed by atoms with Crippen molar-refractivity contribution in [2.45, 2.75) is 23.9 Å². The molecule has 33 heavy (non-hydrogen) atoms. The van der Waals surface area contributed by atoms with Crippen LogP contribution in [0.4, 0.5) is 10.1 Å². The van der Waals surface area contributed by atoms with E-state index in [4.69, 9.17) is 9.47 Å². The Morgan fingerprint density at radius 2 is 1.70 bits per heavy atom. The van der Waals surface area contributed by atoms with E-state index in [2.05, 4.69) is 5.32 Å². The fraction of sp³-hybridized carbons (Fsp3) is 0.208. The number of sulfonamides is 1. The Kier molecular flexibility index (Phi) is 6.35. The van der Waals surface area contributed by atoms with Crippen LogP contribution in [-0.4, -0.2) is 38.9 Å². The molecule has 0 unspecified atom stereocenters. The summed E-state index contributed by atoms with van der Waals surface area (Å²) in [5.74, 6) is -0.136. The van der Waals surface area contributed by atoms with Crippen LogP contribution < -0.4 is 14.8 Å². The molecule has 0 bridgehead atoms. The van der Waals surface area contributed by atoms with Crippen molar-refractivity contribution in [1.82, 2.24) is 4.31 Å². The van der Waals surface area contributed by atoms with Gasteiger partial charge in [-0.15, -0.1) is 0 Å². The number of halogens is 1. The largest absolute Gasteiger partial charge is 0.497 e. The van der Waals surface area contributed by atoms with E-state index in [0.29, 0.717) is 17.2 Å². The van der Waals surface area contributed by atoms with Gasteiger partial charge in [-0.25, -0.2) is 12.8 Å². The maximum absolute atomic E-state index is 13.5. The second-order valence-corrected chi connectivity index (χ2v) is 9.44. The third-order valence-corrected chi connectivity index (χ3v) is 7.46. The molecule has 3 aromatic carbocycles. The lowest BCUT2D eigenvalue weighted by molar-refractivity contribution is -0.120. The van der Waals surface area contributed by atoms with Crippen LogP contribution in [0.2, 0.25) is 0 Å². The van der Waals surface area contributed by atoms with E-state index in [1.165, 1.54) is 26.4 Å². The number of carbonyl (C=O) groups excluding carboxylic acids is 1. The van der Waals surface area contributed by atoms with Crippen LogP contribution >= 0.6 is 0 Å². The Hall–Kier alpha value is -3.43. The van der Waals surface area contributed by atoms with Gasteiger partial charge in [-0.1, -0.05) is 24.3 Å². The topological polar surface area (TPSA) is 84.9 Å². The summed E-state index contributed by atoms with van der Waals surface area (Å²) >= 11 is 0. The molecule has 1 amide bonds. The van der Waals surface area contributed by atoms with Crippen molar-refractivity contribution in [3.63, 3.8) is 0 Å². The molecule has 1 heterocycles. The molecule has 0 saturated heterocycles. The number of ether oxygens (including phenoxy) is 2. The van der Waals surface area contributed by atoms with Crippen molar-refractivity contribution in [2.24, 2.45) is 0 Å². The monoisotopic (exact) mass is 470 g/mol. The van der Waals surface area contributed by atoms with Crippen LogP contribution in [0.1, 0.15) is 11.1 Å². The van der Waals surface area contributed by atoms with E-state index >= 15 is 0 Å². The fourth-order valence-corrected chi connectivity index (χ4v) is 5.41. The van der Waals surface area contributed by atoms with Gasteiger partial charge in [-0.05, 0) is 53.9 Å². The van der Waals surface area contributed by atoms with Crippen LogP contribution in [-0.2, 0) is 27.8 Å². The average Bonchev–Trinajstić information content (AvgIpc) is 2.83. The zero-order valence-electron chi connectivity index (χ0n) is 18.1. The Morgan fingerprint density at radius 3 is 2.36 bits per heavy atom. The summed E-state index contributed by atoms with van der Waals surface area (Å²) in [5, 5.41) is 2.79. The van der Waals surface area contributed by atoms with Crippen LogP contribution in [0.5, 0.6) is 11.5 Å². The van der Waals surface area contributed by atoms with Crippen LogP contribution in [0.15, 0.2) is 71.6 Å². The molecule has 0 fully saturated rings. The molecule has 4 rings (SSSR count). The summed E-state index contributed by atoms with van der Waals surface area (Å²) in [6.45, 7) is 0.0171. The van der Waals surface area contributed by atoms with Crippen molar-refractivity contribution >= 4 is 21.6 Å². The number of fused-ring (bicyclic) bond motifs is 1. The van der Waals surface area contributed by atoms with Crippen LogP contribution in [0.3, 0.4) is 0 Å². The lowest BCUT2D eigenvalue weighted by Gasteiger charge is -2.35. The first-order valence-corrected chi connectivity index (χ1v) is 11.6. The van der Waals surface area contributed by atoms with Gasteiger partial charge < -0.3 is 14.8 Å². The molecule has 0 saturated carbocycles. The van der Waals surface area contributed by atoms with Gasteiger partial charge in [0.2, 0.25) is 15.9 Å². The Balaban J connectivity index is 1.72. The van der Waals surface area contributed by atoms with Gasteiger partial charge in [0.1, 0.15) is 23.4 Å². The zero-order chi connectivity index (χ0) is 23.6. The Morgan fingerprint density at radius 1 is 1.00 bits per heavy atom. The number of methoxy groups -OCH3 is 2. The van der Waals surface area contributed by atoms with Crippen LogP contribution in [0, 0.1) is 5.82 Å². The first kappa shape index (κ1) is 22.8. The smallest absolute Gasteiger partial charge is 0.244 e. The number of nitrogens with one attached hydrogen (secondary N) is 1. The van der Waals surface area contributed by atoms with Crippen molar-refractivity contribution in [3.05, 3.63) is 83.7 Å². The molecule has 172 valence electrons. The normalized spacial score (nSPS) is 16.0. The Labute approximate surface area is 191 Å². The first-order chi connectivity index (χ1) is 15.8. The molecule has 7 nitrogen and oxygen atoms in total. The van der Waals surface area contributed by atoms with Crippen molar-refractivity contribution in [3.8, 4) is 11.5 Å². The molecular formula is C24H23FN2O5S. The quantitative estimate of drug-likeness (QED) is 0.595. The highest BCUT2D eigenvalue weighted by Crippen LogP contribution is 2.32. The van der Waals surface area contributed by atoms with Crippen molar-refractivity contribution < 1.29 is 27.1 Å². The molecule has 1 aliphatic heterocycles. The zero-order valence-corrected chi connectivity index (χ0v) is 18.9. The van der Waals surface area contributed by atoms with E-state index in [1.54, 1.807) is 18.2 Å². The number of hydrogen-bond donors (Lipinski definition) is 1. The van der Waals surface area contributed by atoms with Gasteiger partial charge in [0, 0.05) is 12.6 Å². The second-order valence-electron chi connectivity index (χ2n) is 7.55. The maximum Gasteiger partial charge on any atom is 0.244 e. The second kappa shape index (κ2) is 9.21. The van der Waals surface area contributed by atoms with Gasteiger partial charge >= 0.3 is 0 Å². The van der Waals surface area contributed by atoms with Gasteiger partial charge in [0.25, 0.3) is 0 Å². The molecule has 1 N–H and O–H groups in total. The number of rotatable bonds is 6. The number of anilines is 1. The minimum Gasteiger partial charge on any atom is -0.497 e. The summed E-state index contributed by atoms with van der Waals surface area (Å²) < 4.78 is 52.1. The summed E-state index contributed by atoms with van der Waals surface area (Å²) in [4.78, 5) is 13.3. The third-order valence-electron chi connectivity index (χ3n) is 5.59. The third kappa shape index (κ3) is 4.55. The number of benzene rings is 3. The molecule has 0 radical (unpaired) electrons. The van der Waals surface area contributed by atoms with Gasteiger partial charge in [-0.2, -0.15) is 4.31 Å². The molecule has 0 spiro atoms. The van der Waals surface area contributed by atoms with E-state index in [-0.39, 0.29) is 17.9 Å². The SMILES string of the molecule is COc1ccc(OC)c(NC(=O)[C@@H]2Cc3ccccc3CN2S(=O)(=O)c2ccc(F)cc2)c1. The molecule has 1 aliphatic rings.